The molecule has 0 atom stereocenters. The topological polar surface area (TPSA) is 51.6 Å². The highest BCUT2D eigenvalue weighted by Crippen LogP contribution is 2.09. The van der Waals surface area contributed by atoms with E-state index in [4.69, 9.17) is 0 Å². The van der Waals surface area contributed by atoms with E-state index in [9.17, 15) is 0 Å². The van der Waals surface area contributed by atoms with Gasteiger partial charge in [0.15, 0.2) is 0 Å². The Morgan fingerprint density at radius 3 is 2.54 bits per heavy atom. The molecule has 2 rings (SSSR count). The summed E-state index contributed by atoms with van der Waals surface area (Å²) in [6.07, 6.45) is 4.93. The molecule has 0 bridgehead atoms. The van der Waals surface area contributed by atoms with Crippen LogP contribution in [0.4, 0.5) is 0 Å². The lowest BCUT2D eigenvalue weighted by molar-refractivity contribution is 0.978. The van der Waals surface area contributed by atoms with Crippen molar-refractivity contribution in [2.45, 2.75) is 6.92 Å². The van der Waals surface area contributed by atoms with Crippen molar-refractivity contribution in [3.63, 3.8) is 0 Å². The largest absolute Gasteiger partial charge is 0.261 e. The fourth-order valence-electron chi connectivity index (χ4n) is 0.967. The molecular formula is C9H8N4. The molecule has 0 aliphatic heterocycles. The molecule has 0 aliphatic carbocycles. The van der Waals surface area contributed by atoms with Crippen molar-refractivity contribution in [3.8, 4) is 11.4 Å². The Morgan fingerprint density at radius 1 is 1.00 bits per heavy atom. The van der Waals surface area contributed by atoms with Gasteiger partial charge in [0.2, 0.25) is 0 Å². The summed E-state index contributed by atoms with van der Waals surface area (Å²) in [6, 6.07) is 3.78. The van der Waals surface area contributed by atoms with Crippen molar-refractivity contribution >= 4 is 0 Å². The Bertz CT molecular complexity index is 382. The maximum Gasteiger partial charge on any atom is 0.113 e. The number of aryl methyl sites for hydroxylation is 1. The van der Waals surface area contributed by atoms with Crippen LogP contribution in [-0.2, 0) is 0 Å². The number of rotatable bonds is 1. The molecule has 0 unspecified atom stereocenters. The third-order valence-corrected chi connectivity index (χ3v) is 1.62. The molecule has 0 aliphatic rings. The van der Waals surface area contributed by atoms with Gasteiger partial charge in [0, 0.05) is 12.4 Å². The molecule has 0 radical (unpaired) electrons. The molecule has 0 N–H and O–H groups in total. The van der Waals surface area contributed by atoms with E-state index in [1.807, 2.05) is 19.1 Å². The molecule has 0 spiro atoms. The van der Waals surface area contributed by atoms with E-state index in [-0.39, 0.29) is 0 Å². The van der Waals surface area contributed by atoms with Crippen molar-refractivity contribution in [1.29, 1.82) is 0 Å². The second-order valence-corrected chi connectivity index (χ2v) is 2.65. The highest BCUT2D eigenvalue weighted by Gasteiger charge is 1.99. The second-order valence-electron chi connectivity index (χ2n) is 2.65. The second kappa shape index (κ2) is 3.26. The Labute approximate surface area is 75.7 Å². The van der Waals surface area contributed by atoms with Gasteiger partial charge in [-0.25, -0.2) is 0 Å². The van der Waals surface area contributed by atoms with Crippen LogP contribution in [-0.4, -0.2) is 20.2 Å². The van der Waals surface area contributed by atoms with E-state index in [1.54, 1.807) is 18.6 Å². The van der Waals surface area contributed by atoms with Crippen LogP contribution < -0.4 is 0 Å². The summed E-state index contributed by atoms with van der Waals surface area (Å²) in [5, 5.41) is 7.93. The summed E-state index contributed by atoms with van der Waals surface area (Å²) in [6.45, 7) is 1.90. The normalized spacial score (nSPS) is 9.92. The molecule has 0 saturated heterocycles. The van der Waals surface area contributed by atoms with Gasteiger partial charge in [-0.2, -0.15) is 5.10 Å². The van der Waals surface area contributed by atoms with Crippen molar-refractivity contribution in [2.24, 2.45) is 0 Å². The monoisotopic (exact) mass is 172 g/mol. The third-order valence-electron chi connectivity index (χ3n) is 1.62. The summed E-state index contributed by atoms with van der Waals surface area (Å²) in [5.41, 5.74) is 2.39. The maximum atomic E-state index is 4.11. The zero-order valence-electron chi connectivity index (χ0n) is 7.18. The molecule has 64 valence electrons. The van der Waals surface area contributed by atoms with Gasteiger partial charge in [0.25, 0.3) is 0 Å². The zero-order chi connectivity index (χ0) is 9.10. The fraction of sp³-hybridized carbons (Fsp3) is 0.111. The summed E-state index contributed by atoms with van der Waals surface area (Å²) in [5.74, 6) is 0. The Kier molecular flexibility index (Phi) is 1.96. The number of aromatic nitrogens is 4. The van der Waals surface area contributed by atoms with Gasteiger partial charge in [-0.15, -0.1) is 5.10 Å². The minimum absolute atomic E-state index is 0.745. The first-order chi connectivity index (χ1) is 6.36. The van der Waals surface area contributed by atoms with Gasteiger partial charge >= 0.3 is 0 Å². The van der Waals surface area contributed by atoms with E-state index < -0.39 is 0 Å². The Morgan fingerprint density at radius 2 is 1.92 bits per heavy atom. The summed E-state index contributed by atoms with van der Waals surface area (Å²) < 4.78 is 0. The molecule has 4 heteroatoms. The van der Waals surface area contributed by atoms with E-state index in [1.165, 1.54) is 0 Å². The standard InChI is InChI=1S/C9H8N4/c1-7-2-3-8(13-12-7)9-6-10-4-5-11-9/h2-6H,1H3. The van der Waals surface area contributed by atoms with E-state index in [0.717, 1.165) is 17.1 Å². The van der Waals surface area contributed by atoms with Crippen molar-refractivity contribution in [1.82, 2.24) is 20.2 Å². The van der Waals surface area contributed by atoms with Gasteiger partial charge in [-0.05, 0) is 19.1 Å². The maximum absolute atomic E-state index is 4.11. The number of nitrogens with zero attached hydrogens (tertiary/aromatic N) is 4. The molecular weight excluding hydrogens is 164 g/mol. The van der Waals surface area contributed by atoms with Crippen LogP contribution in [0, 0.1) is 6.92 Å². The number of hydrogen-bond donors (Lipinski definition) is 0. The molecule has 2 aromatic rings. The van der Waals surface area contributed by atoms with Crippen molar-refractivity contribution in [3.05, 3.63) is 36.4 Å². The summed E-state index contributed by atoms with van der Waals surface area (Å²) in [4.78, 5) is 8.07. The lowest BCUT2D eigenvalue weighted by Gasteiger charge is -1.96. The van der Waals surface area contributed by atoms with E-state index in [2.05, 4.69) is 20.2 Å². The van der Waals surface area contributed by atoms with Crippen LogP contribution in [0.15, 0.2) is 30.7 Å². The molecule has 0 fully saturated rings. The van der Waals surface area contributed by atoms with Crippen LogP contribution in [0.5, 0.6) is 0 Å². The predicted octanol–water partition coefficient (Wildman–Crippen LogP) is 1.24. The van der Waals surface area contributed by atoms with Gasteiger partial charge in [0.05, 0.1) is 11.9 Å². The lowest BCUT2D eigenvalue weighted by Crippen LogP contribution is -1.91. The quantitative estimate of drug-likeness (QED) is 0.649. The molecule has 0 amide bonds. The van der Waals surface area contributed by atoms with Crippen molar-refractivity contribution < 1.29 is 0 Å². The molecule has 0 saturated carbocycles. The fourth-order valence-corrected chi connectivity index (χ4v) is 0.967. The van der Waals surface area contributed by atoms with E-state index in [0.29, 0.717) is 0 Å². The zero-order valence-corrected chi connectivity index (χ0v) is 7.18. The molecule has 2 aromatic heterocycles. The van der Waals surface area contributed by atoms with Gasteiger partial charge in [-0.3, -0.25) is 9.97 Å². The highest BCUT2D eigenvalue weighted by atomic mass is 15.1. The smallest absolute Gasteiger partial charge is 0.113 e. The van der Waals surface area contributed by atoms with Gasteiger partial charge in [0.1, 0.15) is 11.4 Å². The van der Waals surface area contributed by atoms with Gasteiger partial charge in [-0.1, -0.05) is 0 Å². The Hall–Kier alpha value is -1.84. The minimum Gasteiger partial charge on any atom is -0.261 e. The summed E-state index contributed by atoms with van der Waals surface area (Å²) >= 11 is 0. The van der Waals surface area contributed by atoms with Gasteiger partial charge < -0.3 is 0 Å². The molecule has 4 nitrogen and oxygen atoms in total. The Balaban J connectivity index is 2.42. The minimum atomic E-state index is 0.745. The van der Waals surface area contributed by atoms with Crippen LogP contribution in [0.2, 0.25) is 0 Å². The van der Waals surface area contributed by atoms with Crippen molar-refractivity contribution in [2.75, 3.05) is 0 Å². The van der Waals surface area contributed by atoms with Crippen LogP contribution in [0.3, 0.4) is 0 Å². The average molecular weight is 172 g/mol. The SMILES string of the molecule is Cc1ccc(-c2cnccn2)nn1. The first-order valence-electron chi connectivity index (χ1n) is 3.93. The molecule has 2 heterocycles. The summed E-state index contributed by atoms with van der Waals surface area (Å²) in [7, 11) is 0. The lowest BCUT2D eigenvalue weighted by atomic mass is 10.3. The number of hydrogen-bond acceptors (Lipinski definition) is 4. The van der Waals surface area contributed by atoms with E-state index >= 15 is 0 Å². The third kappa shape index (κ3) is 1.66. The van der Waals surface area contributed by atoms with Crippen LogP contribution in [0.25, 0.3) is 11.4 Å². The van der Waals surface area contributed by atoms with Crippen LogP contribution in [0.1, 0.15) is 5.69 Å². The predicted molar refractivity (Wildman–Crippen MR) is 47.8 cm³/mol. The average Bonchev–Trinajstić information content (AvgIpc) is 2.20. The van der Waals surface area contributed by atoms with Crippen LogP contribution >= 0.6 is 0 Å². The molecule has 13 heavy (non-hydrogen) atoms. The first-order valence-corrected chi connectivity index (χ1v) is 3.93. The molecule has 0 aromatic carbocycles. The highest BCUT2D eigenvalue weighted by molar-refractivity contribution is 5.51. The first kappa shape index (κ1) is 7.79.